The maximum atomic E-state index is 13.3. The van der Waals surface area contributed by atoms with Crippen LogP contribution in [0.1, 0.15) is 38.2 Å². The van der Waals surface area contributed by atoms with Gasteiger partial charge in [0.25, 0.3) is 0 Å². The Hall–Kier alpha value is -1.89. The van der Waals surface area contributed by atoms with Gasteiger partial charge in [-0.3, -0.25) is 9.59 Å². The zero-order chi connectivity index (χ0) is 18.2. The summed E-state index contributed by atoms with van der Waals surface area (Å²) in [6, 6.07) is 6.21. The van der Waals surface area contributed by atoms with Gasteiger partial charge in [0.1, 0.15) is 6.04 Å². The fourth-order valence-corrected chi connectivity index (χ4v) is 4.45. The summed E-state index contributed by atoms with van der Waals surface area (Å²) in [5, 5.41) is 2.82. The van der Waals surface area contributed by atoms with E-state index in [0.717, 1.165) is 24.8 Å². The third-order valence-electron chi connectivity index (χ3n) is 5.43. The first-order valence-electron chi connectivity index (χ1n) is 8.69. The van der Waals surface area contributed by atoms with Crippen LogP contribution in [0, 0.1) is 0 Å². The van der Waals surface area contributed by atoms with Gasteiger partial charge in [-0.2, -0.15) is 0 Å². The molecule has 1 aromatic carbocycles. The van der Waals surface area contributed by atoms with Gasteiger partial charge in [-0.25, -0.2) is 8.42 Å². The first-order valence-corrected chi connectivity index (χ1v) is 10.6. The number of carbonyl (C=O) groups excluding carboxylic acids is 2. The van der Waals surface area contributed by atoms with Crippen molar-refractivity contribution >= 4 is 21.7 Å². The fraction of sp³-hybridized carbons (Fsp3) is 0.556. The van der Waals surface area contributed by atoms with Crippen molar-refractivity contribution in [2.75, 3.05) is 19.3 Å². The molecule has 0 aromatic heterocycles. The molecule has 1 aliphatic carbocycles. The van der Waals surface area contributed by atoms with E-state index in [9.17, 15) is 18.0 Å². The number of carbonyl (C=O) groups is 2. The van der Waals surface area contributed by atoms with Gasteiger partial charge in [0.2, 0.25) is 11.8 Å². The molecular formula is C18H24N2O4S. The molecule has 1 aliphatic heterocycles. The lowest BCUT2D eigenvalue weighted by molar-refractivity contribution is -0.150. The van der Waals surface area contributed by atoms with Gasteiger partial charge in [-0.1, -0.05) is 25.5 Å². The van der Waals surface area contributed by atoms with E-state index in [1.807, 2.05) is 6.92 Å². The first kappa shape index (κ1) is 17.9. The van der Waals surface area contributed by atoms with Crippen molar-refractivity contribution in [3.05, 3.63) is 29.8 Å². The Morgan fingerprint density at radius 2 is 1.92 bits per heavy atom. The zero-order valence-corrected chi connectivity index (χ0v) is 15.4. The lowest BCUT2D eigenvalue weighted by Gasteiger charge is -2.46. The van der Waals surface area contributed by atoms with Gasteiger partial charge in [0, 0.05) is 19.3 Å². The van der Waals surface area contributed by atoms with Crippen molar-refractivity contribution in [3.63, 3.8) is 0 Å². The molecule has 0 spiro atoms. The Kier molecular flexibility index (Phi) is 4.62. The predicted molar refractivity (Wildman–Crippen MR) is 93.9 cm³/mol. The summed E-state index contributed by atoms with van der Waals surface area (Å²) >= 11 is 0. The molecule has 0 radical (unpaired) electrons. The van der Waals surface area contributed by atoms with Gasteiger partial charge < -0.3 is 10.2 Å². The van der Waals surface area contributed by atoms with E-state index in [0.29, 0.717) is 19.5 Å². The Morgan fingerprint density at radius 3 is 2.40 bits per heavy atom. The molecule has 7 heteroatoms. The van der Waals surface area contributed by atoms with E-state index in [4.69, 9.17) is 0 Å². The molecule has 1 saturated heterocycles. The Morgan fingerprint density at radius 1 is 1.28 bits per heavy atom. The third kappa shape index (κ3) is 3.05. The number of hydrogen-bond acceptors (Lipinski definition) is 4. The largest absolute Gasteiger partial charge is 0.353 e. The lowest BCUT2D eigenvalue weighted by atomic mass is 9.63. The van der Waals surface area contributed by atoms with E-state index < -0.39 is 21.3 Å². The number of nitrogens with one attached hydrogen (secondary N) is 1. The number of sulfone groups is 1. The Balaban J connectivity index is 1.92. The average Bonchev–Trinajstić information content (AvgIpc) is 2.53. The predicted octanol–water partition coefficient (Wildman–Crippen LogP) is 1.25. The fourth-order valence-electron chi connectivity index (χ4n) is 3.82. The normalized spacial score (nSPS) is 22.9. The van der Waals surface area contributed by atoms with Gasteiger partial charge in [0.15, 0.2) is 9.84 Å². The van der Waals surface area contributed by atoms with Crippen LogP contribution in [0.5, 0.6) is 0 Å². The number of amides is 2. The van der Waals surface area contributed by atoms with Crippen molar-refractivity contribution in [1.82, 2.24) is 10.2 Å². The summed E-state index contributed by atoms with van der Waals surface area (Å²) in [5.41, 5.74) is 0.220. The second-order valence-electron chi connectivity index (χ2n) is 6.95. The van der Waals surface area contributed by atoms with E-state index in [-0.39, 0.29) is 16.7 Å². The summed E-state index contributed by atoms with van der Waals surface area (Å²) in [4.78, 5) is 27.4. The standard InChI is InChI=1S/C18H24N2O4S/c1-3-15-16(21)19-11-12-20(15)17(22)18(9-4-10-18)13-5-7-14(8-6-13)25(2,23)24/h5-8,15H,3-4,9-12H2,1-2H3,(H,19,21)/t15-/m1/s1. The summed E-state index contributed by atoms with van der Waals surface area (Å²) < 4.78 is 23.3. The van der Waals surface area contributed by atoms with Crippen LogP contribution < -0.4 is 5.32 Å². The van der Waals surface area contributed by atoms with E-state index >= 15 is 0 Å². The molecule has 0 unspecified atom stereocenters. The van der Waals surface area contributed by atoms with Crippen LogP contribution in [0.4, 0.5) is 0 Å². The summed E-state index contributed by atoms with van der Waals surface area (Å²) in [6.45, 7) is 2.90. The number of piperazine rings is 1. The smallest absolute Gasteiger partial charge is 0.242 e. The monoisotopic (exact) mass is 364 g/mol. The lowest BCUT2D eigenvalue weighted by Crippen LogP contribution is -2.62. The minimum absolute atomic E-state index is 0.00689. The number of hydrogen-bond donors (Lipinski definition) is 1. The van der Waals surface area contributed by atoms with Gasteiger partial charge in [0.05, 0.1) is 10.3 Å². The highest BCUT2D eigenvalue weighted by Crippen LogP contribution is 2.46. The number of benzene rings is 1. The molecule has 1 aromatic rings. The molecule has 2 fully saturated rings. The molecule has 1 N–H and O–H groups in total. The Bertz CT molecular complexity index is 782. The van der Waals surface area contributed by atoms with E-state index in [2.05, 4.69) is 5.32 Å². The molecule has 1 atom stereocenters. The maximum absolute atomic E-state index is 13.3. The van der Waals surface area contributed by atoms with Gasteiger partial charge in [-0.15, -0.1) is 0 Å². The molecule has 6 nitrogen and oxygen atoms in total. The van der Waals surface area contributed by atoms with Crippen molar-refractivity contribution in [1.29, 1.82) is 0 Å². The summed E-state index contributed by atoms with van der Waals surface area (Å²) in [6.07, 6.45) is 4.18. The van der Waals surface area contributed by atoms with Crippen LogP contribution in [-0.2, 0) is 24.8 Å². The minimum atomic E-state index is -3.26. The quantitative estimate of drug-likeness (QED) is 0.871. The molecule has 2 amide bonds. The van der Waals surface area contributed by atoms with Gasteiger partial charge >= 0.3 is 0 Å². The average molecular weight is 364 g/mol. The molecule has 2 aliphatic rings. The van der Waals surface area contributed by atoms with Crippen molar-refractivity contribution in [3.8, 4) is 0 Å². The molecular weight excluding hydrogens is 340 g/mol. The molecule has 1 heterocycles. The second-order valence-corrected chi connectivity index (χ2v) is 8.96. The van der Waals surface area contributed by atoms with Crippen LogP contribution in [0.25, 0.3) is 0 Å². The summed E-state index contributed by atoms with van der Waals surface area (Å²) in [5.74, 6) is -0.100. The minimum Gasteiger partial charge on any atom is -0.353 e. The molecule has 0 bridgehead atoms. The SMILES string of the molecule is CC[C@@H]1C(=O)NCCN1C(=O)C1(c2ccc(S(C)(=O)=O)cc2)CCC1. The van der Waals surface area contributed by atoms with Crippen LogP contribution in [0.15, 0.2) is 29.2 Å². The van der Waals surface area contributed by atoms with Crippen molar-refractivity contribution in [2.24, 2.45) is 0 Å². The van der Waals surface area contributed by atoms with Crippen LogP contribution in [0.3, 0.4) is 0 Å². The second kappa shape index (κ2) is 6.44. The van der Waals surface area contributed by atoms with Crippen molar-refractivity contribution in [2.45, 2.75) is 49.0 Å². The Labute approximate surface area is 148 Å². The highest BCUT2D eigenvalue weighted by Gasteiger charge is 2.49. The van der Waals surface area contributed by atoms with Crippen LogP contribution in [-0.4, -0.2) is 50.5 Å². The number of rotatable bonds is 4. The highest BCUT2D eigenvalue weighted by atomic mass is 32.2. The number of nitrogens with zero attached hydrogens (tertiary/aromatic N) is 1. The molecule has 1 saturated carbocycles. The topological polar surface area (TPSA) is 83.6 Å². The van der Waals surface area contributed by atoms with Gasteiger partial charge in [-0.05, 0) is 37.0 Å². The maximum Gasteiger partial charge on any atom is 0.242 e. The third-order valence-corrected chi connectivity index (χ3v) is 6.56. The highest BCUT2D eigenvalue weighted by molar-refractivity contribution is 7.90. The van der Waals surface area contributed by atoms with E-state index in [1.54, 1.807) is 29.2 Å². The first-order chi connectivity index (χ1) is 11.8. The van der Waals surface area contributed by atoms with Crippen molar-refractivity contribution < 1.29 is 18.0 Å². The van der Waals surface area contributed by atoms with Crippen LogP contribution in [0.2, 0.25) is 0 Å². The molecule has 25 heavy (non-hydrogen) atoms. The zero-order valence-electron chi connectivity index (χ0n) is 14.6. The van der Waals surface area contributed by atoms with Crippen LogP contribution >= 0.6 is 0 Å². The molecule has 136 valence electrons. The van der Waals surface area contributed by atoms with E-state index in [1.165, 1.54) is 6.26 Å². The molecule has 3 rings (SSSR count). The summed E-state index contributed by atoms with van der Waals surface area (Å²) in [7, 11) is -3.26.